The molecule has 1 atom stereocenters. The first-order valence-electron chi connectivity index (χ1n) is 10.6. The summed E-state index contributed by atoms with van der Waals surface area (Å²) in [5, 5.41) is 4.96. The highest BCUT2D eigenvalue weighted by Crippen LogP contribution is 2.37. The Balaban J connectivity index is 1.71. The van der Waals surface area contributed by atoms with Crippen LogP contribution in [-0.2, 0) is 20.0 Å². The van der Waals surface area contributed by atoms with Crippen molar-refractivity contribution in [2.45, 2.75) is 31.2 Å². The Morgan fingerprint density at radius 1 is 0.941 bits per heavy atom. The molecule has 1 heterocycles. The molecule has 1 unspecified atom stereocenters. The Hall–Kier alpha value is -2.88. The first-order chi connectivity index (χ1) is 16.1. The number of aryl methyl sites for hydroxylation is 1. The highest BCUT2D eigenvalue weighted by molar-refractivity contribution is 7.92. The third kappa shape index (κ3) is 5.11. The minimum atomic E-state index is -3.94. The van der Waals surface area contributed by atoms with Gasteiger partial charge in [0.05, 0.1) is 22.4 Å². The van der Waals surface area contributed by atoms with Crippen molar-refractivity contribution in [1.82, 2.24) is 4.41 Å². The number of hydrogen-bond donors (Lipinski definition) is 1. The molecule has 7 nitrogen and oxygen atoms in total. The van der Waals surface area contributed by atoms with Gasteiger partial charge < -0.3 is 0 Å². The van der Waals surface area contributed by atoms with Crippen LogP contribution in [0.5, 0.6) is 0 Å². The van der Waals surface area contributed by atoms with Crippen molar-refractivity contribution in [2.24, 2.45) is 5.10 Å². The van der Waals surface area contributed by atoms with Gasteiger partial charge in [-0.3, -0.25) is 4.72 Å². The molecule has 3 aromatic rings. The SMILES string of the molecule is CCS(=O)(=O)Nc1ccc(C2=NN(S(=O)(=O)c3ccc(Cl)cc3)C(c3ccc(C)cc3)C2)cc1. The zero-order chi connectivity index (χ0) is 24.5. The summed E-state index contributed by atoms with van der Waals surface area (Å²) in [7, 11) is -7.34. The van der Waals surface area contributed by atoms with Crippen LogP contribution in [0, 0.1) is 6.92 Å². The highest BCUT2D eigenvalue weighted by Gasteiger charge is 2.37. The number of nitrogens with one attached hydrogen (secondary N) is 1. The summed E-state index contributed by atoms with van der Waals surface area (Å²) in [5.41, 5.74) is 3.64. The van der Waals surface area contributed by atoms with Crippen molar-refractivity contribution in [3.05, 3.63) is 94.5 Å². The summed E-state index contributed by atoms with van der Waals surface area (Å²) >= 11 is 5.95. The molecule has 0 saturated heterocycles. The summed E-state index contributed by atoms with van der Waals surface area (Å²) in [4.78, 5) is 0.100. The van der Waals surface area contributed by atoms with Gasteiger partial charge >= 0.3 is 0 Å². The molecule has 3 aromatic carbocycles. The minimum absolute atomic E-state index is 0.0305. The van der Waals surface area contributed by atoms with Crippen molar-refractivity contribution in [1.29, 1.82) is 0 Å². The number of sulfonamides is 2. The number of anilines is 1. The number of halogens is 1. The van der Waals surface area contributed by atoms with Gasteiger partial charge in [-0.1, -0.05) is 53.6 Å². The van der Waals surface area contributed by atoms with Crippen LogP contribution in [0.15, 0.2) is 82.8 Å². The van der Waals surface area contributed by atoms with Crippen LogP contribution in [0.25, 0.3) is 0 Å². The van der Waals surface area contributed by atoms with Crippen LogP contribution < -0.4 is 4.72 Å². The first kappa shape index (κ1) is 24.3. The molecule has 0 bridgehead atoms. The van der Waals surface area contributed by atoms with Crippen LogP contribution in [0.4, 0.5) is 5.69 Å². The summed E-state index contributed by atoms with van der Waals surface area (Å²) in [6.07, 6.45) is 0.371. The molecule has 34 heavy (non-hydrogen) atoms. The molecule has 1 aliphatic rings. The van der Waals surface area contributed by atoms with Gasteiger partial charge in [0.1, 0.15) is 0 Å². The third-order valence-electron chi connectivity index (χ3n) is 5.56. The Kier molecular flexibility index (Phi) is 6.71. The molecule has 0 saturated carbocycles. The van der Waals surface area contributed by atoms with Gasteiger partial charge in [0, 0.05) is 17.1 Å². The maximum atomic E-state index is 13.5. The second-order valence-corrected chi connectivity index (χ2v) is 12.2. The molecular formula is C24H24ClN3O4S2. The molecule has 10 heteroatoms. The smallest absolute Gasteiger partial charge is 0.279 e. The summed E-state index contributed by atoms with van der Waals surface area (Å²) in [5.74, 6) is -0.0305. The maximum Gasteiger partial charge on any atom is 0.279 e. The van der Waals surface area contributed by atoms with Crippen molar-refractivity contribution < 1.29 is 16.8 Å². The lowest BCUT2D eigenvalue weighted by atomic mass is 9.98. The highest BCUT2D eigenvalue weighted by atomic mass is 35.5. The average molecular weight is 518 g/mol. The Bertz CT molecular complexity index is 1420. The van der Waals surface area contributed by atoms with Gasteiger partial charge in [-0.25, -0.2) is 8.42 Å². The largest absolute Gasteiger partial charge is 0.284 e. The van der Waals surface area contributed by atoms with Crippen LogP contribution in [0.2, 0.25) is 5.02 Å². The summed E-state index contributed by atoms with van der Waals surface area (Å²) < 4.78 is 54.3. The minimum Gasteiger partial charge on any atom is -0.284 e. The molecule has 0 fully saturated rings. The lowest BCUT2D eigenvalue weighted by Gasteiger charge is -2.23. The molecule has 0 spiro atoms. The van der Waals surface area contributed by atoms with Crippen molar-refractivity contribution in [2.75, 3.05) is 10.5 Å². The molecule has 0 aromatic heterocycles. The molecule has 1 aliphatic heterocycles. The lowest BCUT2D eigenvalue weighted by Crippen LogP contribution is -2.27. The van der Waals surface area contributed by atoms with E-state index in [-0.39, 0.29) is 10.6 Å². The van der Waals surface area contributed by atoms with Crippen molar-refractivity contribution in [3.63, 3.8) is 0 Å². The Morgan fingerprint density at radius 3 is 2.15 bits per heavy atom. The number of benzene rings is 3. The number of hydrazone groups is 1. The molecular weight excluding hydrogens is 494 g/mol. The normalized spacial score (nSPS) is 16.4. The second-order valence-electron chi connectivity index (χ2n) is 7.99. The average Bonchev–Trinajstić information content (AvgIpc) is 3.26. The fraction of sp³-hybridized carbons (Fsp3) is 0.208. The summed E-state index contributed by atoms with van der Waals surface area (Å²) in [6, 6.07) is 19.9. The monoisotopic (exact) mass is 517 g/mol. The number of nitrogens with zero attached hydrogens (tertiary/aromatic N) is 2. The van der Waals surface area contributed by atoms with E-state index in [4.69, 9.17) is 11.6 Å². The van der Waals surface area contributed by atoms with E-state index < -0.39 is 26.1 Å². The zero-order valence-electron chi connectivity index (χ0n) is 18.6. The fourth-order valence-electron chi connectivity index (χ4n) is 3.62. The molecule has 1 N–H and O–H groups in total. The topological polar surface area (TPSA) is 95.9 Å². The van der Waals surface area contributed by atoms with E-state index >= 15 is 0 Å². The van der Waals surface area contributed by atoms with Gasteiger partial charge in [-0.05, 0) is 61.4 Å². The van der Waals surface area contributed by atoms with Crippen LogP contribution >= 0.6 is 11.6 Å². The van der Waals surface area contributed by atoms with Gasteiger partial charge in [-0.2, -0.15) is 17.9 Å². The van der Waals surface area contributed by atoms with Crippen LogP contribution in [0.1, 0.15) is 36.1 Å². The van der Waals surface area contributed by atoms with Gasteiger partial charge in [0.2, 0.25) is 10.0 Å². The predicted octanol–water partition coefficient (Wildman–Crippen LogP) is 4.95. The molecule has 4 rings (SSSR count). The van der Waals surface area contributed by atoms with E-state index in [2.05, 4.69) is 9.82 Å². The number of rotatable bonds is 7. The first-order valence-corrected chi connectivity index (χ1v) is 14.1. The zero-order valence-corrected chi connectivity index (χ0v) is 21.0. The molecule has 0 aliphatic carbocycles. The Labute approximate surface area is 205 Å². The predicted molar refractivity (Wildman–Crippen MR) is 135 cm³/mol. The summed E-state index contributed by atoms with van der Waals surface area (Å²) in [6.45, 7) is 3.53. The van der Waals surface area contributed by atoms with Gasteiger partial charge in [0.15, 0.2) is 0 Å². The standard InChI is InChI=1S/C24H24ClN3O4S2/c1-3-33(29,30)27-21-12-8-18(9-13-21)23-16-24(19-6-4-17(2)5-7-19)28(26-23)34(31,32)22-14-10-20(25)11-15-22/h4-15,24,27H,3,16H2,1-2H3. The van der Waals surface area contributed by atoms with Gasteiger partial charge in [0.25, 0.3) is 10.0 Å². The van der Waals surface area contributed by atoms with Crippen LogP contribution in [-0.4, -0.2) is 32.7 Å². The van der Waals surface area contributed by atoms with E-state index in [1.165, 1.54) is 24.3 Å². The molecule has 178 valence electrons. The van der Waals surface area contributed by atoms with Crippen molar-refractivity contribution in [3.8, 4) is 0 Å². The molecule has 0 radical (unpaired) electrons. The van der Waals surface area contributed by atoms with E-state index in [0.29, 0.717) is 28.4 Å². The Morgan fingerprint density at radius 2 is 1.56 bits per heavy atom. The van der Waals surface area contributed by atoms with E-state index in [1.807, 2.05) is 31.2 Å². The van der Waals surface area contributed by atoms with E-state index in [9.17, 15) is 16.8 Å². The van der Waals surface area contributed by atoms with Gasteiger partial charge in [-0.15, -0.1) is 0 Å². The maximum absolute atomic E-state index is 13.5. The van der Waals surface area contributed by atoms with Crippen molar-refractivity contribution >= 4 is 43.0 Å². The number of hydrogen-bond acceptors (Lipinski definition) is 5. The fourth-order valence-corrected chi connectivity index (χ4v) is 5.82. The second kappa shape index (κ2) is 9.40. The van der Waals surface area contributed by atoms with Crippen LogP contribution in [0.3, 0.4) is 0 Å². The third-order valence-corrected chi connectivity index (χ3v) is 8.82. The van der Waals surface area contributed by atoms with E-state index in [1.54, 1.807) is 31.2 Å². The quantitative estimate of drug-likeness (QED) is 0.479. The molecule has 0 amide bonds. The lowest BCUT2D eigenvalue weighted by molar-refractivity contribution is 0.371. The van der Waals surface area contributed by atoms with E-state index in [0.717, 1.165) is 15.5 Å².